The molecular formula is C12H24N2S. The number of piperidine rings is 1. The van der Waals surface area contributed by atoms with Crippen molar-refractivity contribution in [3.63, 3.8) is 0 Å². The second-order valence-corrected chi connectivity index (χ2v) is 5.74. The minimum Gasteiger partial charge on any atom is -0.393 e. The third-order valence-electron chi connectivity index (χ3n) is 3.93. The second-order valence-electron chi connectivity index (χ2n) is 5.27. The van der Waals surface area contributed by atoms with Gasteiger partial charge in [-0.3, -0.25) is 0 Å². The van der Waals surface area contributed by atoms with E-state index in [9.17, 15) is 0 Å². The Hall–Kier alpha value is -0.150. The van der Waals surface area contributed by atoms with Gasteiger partial charge in [-0.2, -0.15) is 0 Å². The van der Waals surface area contributed by atoms with Crippen LogP contribution in [0.3, 0.4) is 0 Å². The molecule has 1 rings (SSSR count). The summed E-state index contributed by atoms with van der Waals surface area (Å²) in [5.41, 5.74) is 6.21. The summed E-state index contributed by atoms with van der Waals surface area (Å²) in [4.78, 5) is 3.15. The Balaban J connectivity index is 2.35. The monoisotopic (exact) mass is 228 g/mol. The summed E-state index contributed by atoms with van der Waals surface area (Å²) in [5.74, 6) is 0.353. The zero-order valence-electron chi connectivity index (χ0n) is 10.3. The van der Waals surface area contributed by atoms with Gasteiger partial charge in [-0.25, -0.2) is 0 Å². The predicted octanol–water partition coefficient (Wildman–Crippen LogP) is 2.42. The van der Waals surface area contributed by atoms with E-state index in [1.807, 2.05) is 0 Å². The van der Waals surface area contributed by atoms with Gasteiger partial charge in [0, 0.05) is 12.5 Å². The first kappa shape index (κ1) is 12.9. The van der Waals surface area contributed by atoms with Crippen LogP contribution in [0.1, 0.15) is 40.0 Å². The first-order valence-electron chi connectivity index (χ1n) is 5.98. The Morgan fingerprint density at radius 2 is 2.00 bits per heavy atom. The standard InChI is InChI=1S/C12H24N2S/c1-4-12(3)5-7-14(8-6-12)9-10(2)11(13)15/h10H,4-9H2,1-3H3,(H2,13,15). The average Bonchev–Trinajstić information content (AvgIpc) is 2.21. The lowest BCUT2D eigenvalue weighted by molar-refractivity contribution is 0.110. The van der Waals surface area contributed by atoms with Crippen LogP contribution >= 0.6 is 12.2 Å². The zero-order valence-corrected chi connectivity index (χ0v) is 11.1. The van der Waals surface area contributed by atoms with Gasteiger partial charge in [-0.05, 0) is 31.3 Å². The smallest absolute Gasteiger partial charge is 0.0768 e. The predicted molar refractivity (Wildman–Crippen MR) is 70.0 cm³/mol. The van der Waals surface area contributed by atoms with Crippen LogP contribution in [-0.4, -0.2) is 29.5 Å². The number of nitrogens with two attached hydrogens (primary N) is 1. The van der Waals surface area contributed by atoms with Crippen LogP contribution in [0.4, 0.5) is 0 Å². The lowest BCUT2D eigenvalue weighted by Gasteiger charge is -2.39. The number of likely N-dealkylation sites (tertiary alicyclic amines) is 1. The minimum absolute atomic E-state index is 0.353. The van der Waals surface area contributed by atoms with Gasteiger partial charge in [0.2, 0.25) is 0 Å². The molecule has 1 aliphatic heterocycles. The molecule has 1 heterocycles. The number of rotatable bonds is 4. The summed E-state index contributed by atoms with van der Waals surface area (Å²) < 4.78 is 0. The van der Waals surface area contributed by atoms with E-state index in [4.69, 9.17) is 18.0 Å². The van der Waals surface area contributed by atoms with Crippen LogP contribution in [0.15, 0.2) is 0 Å². The van der Waals surface area contributed by atoms with Gasteiger partial charge in [0.15, 0.2) is 0 Å². The van der Waals surface area contributed by atoms with Gasteiger partial charge in [0.1, 0.15) is 0 Å². The molecule has 1 fully saturated rings. The number of thiocarbonyl (C=S) groups is 1. The molecule has 0 spiro atoms. The molecule has 1 saturated heterocycles. The van der Waals surface area contributed by atoms with Crippen LogP contribution in [0.25, 0.3) is 0 Å². The Bertz CT molecular complexity index is 220. The molecule has 0 aromatic heterocycles. The van der Waals surface area contributed by atoms with Gasteiger partial charge in [0.05, 0.1) is 4.99 Å². The molecule has 0 aromatic carbocycles. The molecule has 15 heavy (non-hydrogen) atoms. The van der Waals surface area contributed by atoms with E-state index < -0.39 is 0 Å². The molecule has 1 aliphatic rings. The number of nitrogens with zero attached hydrogens (tertiary/aromatic N) is 1. The van der Waals surface area contributed by atoms with Gasteiger partial charge in [-0.15, -0.1) is 0 Å². The first-order chi connectivity index (χ1) is 6.97. The Kier molecular flexibility index (Phi) is 4.53. The van der Waals surface area contributed by atoms with E-state index in [-0.39, 0.29) is 0 Å². The molecule has 88 valence electrons. The van der Waals surface area contributed by atoms with Crippen molar-refractivity contribution in [3.05, 3.63) is 0 Å². The summed E-state index contributed by atoms with van der Waals surface area (Å²) >= 11 is 5.01. The average molecular weight is 228 g/mol. The highest BCUT2D eigenvalue weighted by atomic mass is 32.1. The van der Waals surface area contributed by atoms with Crippen molar-refractivity contribution in [3.8, 4) is 0 Å². The molecule has 0 aromatic rings. The van der Waals surface area contributed by atoms with Crippen LogP contribution in [0, 0.1) is 11.3 Å². The fraction of sp³-hybridized carbons (Fsp3) is 0.917. The minimum atomic E-state index is 0.353. The molecule has 0 bridgehead atoms. The van der Waals surface area contributed by atoms with Crippen molar-refractivity contribution >= 4 is 17.2 Å². The fourth-order valence-corrected chi connectivity index (χ4v) is 2.18. The lowest BCUT2D eigenvalue weighted by Crippen LogP contribution is -2.42. The number of hydrogen-bond acceptors (Lipinski definition) is 2. The quantitative estimate of drug-likeness (QED) is 0.749. The molecule has 2 nitrogen and oxygen atoms in total. The van der Waals surface area contributed by atoms with E-state index >= 15 is 0 Å². The van der Waals surface area contributed by atoms with E-state index in [0.29, 0.717) is 16.3 Å². The molecule has 0 aliphatic carbocycles. The van der Waals surface area contributed by atoms with E-state index in [2.05, 4.69) is 25.7 Å². The topological polar surface area (TPSA) is 29.3 Å². The Labute approximate surface area is 99.2 Å². The van der Waals surface area contributed by atoms with Crippen molar-refractivity contribution in [1.82, 2.24) is 4.90 Å². The van der Waals surface area contributed by atoms with E-state index in [1.165, 1.54) is 32.4 Å². The van der Waals surface area contributed by atoms with Crippen LogP contribution in [0.2, 0.25) is 0 Å². The summed E-state index contributed by atoms with van der Waals surface area (Å²) in [6.45, 7) is 10.3. The Morgan fingerprint density at radius 1 is 1.47 bits per heavy atom. The van der Waals surface area contributed by atoms with E-state index in [1.54, 1.807) is 0 Å². The highest BCUT2D eigenvalue weighted by molar-refractivity contribution is 7.80. The fourth-order valence-electron chi connectivity index (χ4n) is 2.11. The highest BCUT2D eigenvalue weighted by Crippen LogP contribution is 2.33. The summed E-state index contributed by atoms with van der Waals surface area (Å²) in [6, 6.07) is 0. The largest absolute Gasteiger partial charge is 0.393 e. The SMILES string of the molecule is CCC1(C)CCN(CC(C)C(N)=S)CC1. The second kappa shape index (κ2) is 5.26. The molecular weight excluding hydrogens is 204 g/mol. The summed E-state index contributed by atoms with van der Waals surface area (Å²) in [7, 11) is 0. The maximum Gasteiger partial charge on any atom is 0.0768 e. The maximum atomic E-state index is 5.64. The molecule has 2 N–H and O–H groups in total. The first-order valence-corrected chi connectivity index (χ1v) is 6.39. The van der Waals surface area contributed by atoms with Crippen molar-refractivity contribution < 1.29 is 0 Å². The van der Waals surface area contributed by atoms with Crippen molar-refractivity contribution in [2.24, 2.45) is 17.1 Å². The van der Waals surface area contributed by atoms with Gasteiger partial charge >= 0.3 is 0 Å². The van der Waals surface area contributed by atoms with Crippen LogP contribution in [-0.2, 0) is 0 Å². The Morgan fingerprint density at radius 3 is 2.40 bits per heavy atom. The number of hydrogen-bond donors (Lipinski definition) is 1. The van der Waals surface area contributed by atoms with E-state index in [0.717, 1.165) is 6.54 Å². The summed E-state index contributed by atoms with van der Waals surface area (Å²) in [6.07, 6.45) is 3.92. The van der Waals surface area contributed by atoms with Gasteiger partial charge in [0.25, 0.3) is 0 Å². The molecule has 1 unspecified atom stereocenters. The van der Waals surface area contributed by atoms with Crippen molar-refractivity contribution in [2.75, 3.05) is 19.6 Å². The molecule has 0 saturated carbocycles. The van der Waals surface area contributed by atoms with Crippen molar-refractivity contribution in [2.45, 2.75) is 40.0 Å². The summed E-state index contributed by atoms with van der Waals surface area (Å²) in [5, 5.41) is 0. The third kappa shape index (κ3) is 3.72. The van der Waals surface area contributed by atoms with Crippen molar-refractivity contribution in [1.29, 1.82) is 0 Å². The zero-order chi connectivity index (χ0) is 11.5. The third-order valence-corrected chi connectivity index (χ3v) is 4.34. The molecule has 0 radical (unpaired) electrons. The molecule has 0 amide bonds. The normalized spacial score (nSPS) is 23.7. The lowest BCUT2D eigenvalue weighted by atomic mass is 9.78. The van der Waals surface area contributed by atoms with Crippen LogP contribution in [0.5, 0.6) is 0 Å². The maximum absolute atomic E-state index is 5.64. The van der Waals surface area contributed by atoms with Gasteiger partial charge in [-0.1, -0.05) is 39.4 Å². The highest BCUT2D eigenvalue weighted by Gasteiger charge is 2.28. The molecule has 3 heteroatoms. The van der Waals surface area contributed by atoms with Crippen LogP contribution < -0.4 is 5.73 Å². The molecule has 1 atom stereocenters. The van der Waals surface area contributed by atoms with Gasteiger partial charge < -0.3 is 10.6 Å².